The van der Waals surface area contributed by atoms with E-state index in [9.17, 15) is 4.21 Å². The lowest BCUT2D eigenvalue weighted by atomic mass is 10.2. The highest BCUT2D eigenvalue weighted by Crippen LogP contribution is 2.15. The third-order valence-corrected chi connectivity index (χ3v) is 6.90. The number of benzene rings is 2. The van der Waals surface area contributed by atoms with Crippen LogP contribution in [0.5, 0.6) is 0 Å². The molecule has 0 aliphatic carbocycles. The smallest absolute Gasteiger partial charge is 0.173 e. The van der Waals surface area contributed by atoms with Gasteiger partial charge in [0.2, 0.25) is 0 Å². The molecule has 0 saturated carbocycles. The first-order valence-electron chi connectivity index (χ1n) is 5.86. The van der Waals surface area contributed by atoms with Crippen LogP contribution in [0.1, 0.15) is 5.56 Å². The minimum absolute atomic E-state index is 0.683. The highest BCUT2D eigenvalue weighted by Gasteiger charge is 2.09. The van der Waals surface area contributed by atoms with Crippen molar-refractivity contribution in [3.05, 3.63) is 79.1 Å². The van der Waals surface area contributed by atoms with Crippen LogP contribution in [0.25, 0.3) is 0 Å². The fourth-order valence-electron chi connectivity index (χ4n) is 1.59. The standard InChI is InChI=1S/C15H16O2S2/c1-2-17-19(16,15-11-7-4-8-12-15)18-13-14-9-5-3-6-10-14/h2-12,18H,1,13H2. The highest BCUT2D eigenvalue weighted by molar-refractivity contribution is 8.37. The van der Waals surface area contributed by atoms with Crippen LogP contribution in [0.4, 0.5) is 0 Å². The van der Waals surface area contributed by atoms with Gasteiger partial charge in [-0.1, -0.05) is 55.1 Å². The van der Waals surface area contributed by atoms with Crippen molar-refractivity contribution in [2.45, 2.75) is 10.6 Å². The van der Waals surface area contributed by atoms with Crippen molar-refractivity contribution in [1.29, 1.82) is 0 Å². The molecule has 2 aromatic rings. The quantitative estimate of drug-likeness (QED) is 0.676. The van der Waals surface area contributed by atoms with Crippen molar-refractivity contribution >= 4 is 19.1 Å². The zero-order chi connectivity index (χ0) is 13.6. The van der Waals surface area contributed by atoms with E-state index in [1.165, 1.54) is 6.26 Å². The summed E-state index contributed by atoms with van der Waals surface area (Å²) in [4.78, 5) is 0.701. The second-order valence-corrected chi connectivity index (χ2v) is 8.23. The summed E-state index contributed by atoms with van der Waals surface area (Å²) in [5, 5.41) is 0. The Morgan fingerprint density at radius 1 is 1.05 bits per heavy atom. The van der Waals surface area contributed by atoms with Gasteiger partial charge in [0.05, 0.1) is 11.2 Å². The molecule has 2 nitrogen and oxygen atoms in total. The second-order valence-electron chi connectivity index (χ2n) is 3.82. The average molecular weight is 292 g/mol. The Balaban J connectivity index is 2.35. The van der Waals surface area contributed by atoms with E-state index in [1.54, 1.807) is 0 Å². The SMILES string of the molecule is C=COS(=O)(=[SH]Cc1ccccc1)c1ccccc1. The van der Waals surface area contributed by atoms with Gasteiger partial charge in [-0.25, -0.2) is 4.21 Å². The zero-order valence-corrected chi connectivity index (χ0v) is 12.1. The summed E-state index contributed by atoms with van der Waals surface area (Å²) in [6, 6.07) is 19.2. The van der Waals surface area contributed by atoms with Crippen LogP contribution in [-0.2, 0) is 29.0 Å². The summed E-state index contributed by atoms with van der Waals surface area (Å²) in [6.45, 7) is 3.52. The first-order valence-corrected chi connectivity index (χ1v) is 9.02. The van der Waals surface area contributed by atoms with Gasteiger partial charge in [-0.15, -0.1) is 10.3 Å². The first-order chi connectivity index (χ1) is 9.24. The largest absolute Gasteiger partial charge is 0.410 e. The van der Waals surface area contributed by atoms with E-state index in [1.807, 2.05) is 60.7 Å². The maximum atomic E-state index is 12.9. The summed E-state index contributed by atoms with van der Waals surface area (Å²) in [7, 11) is -1.83. The Labute approximate surface area is 117 Å². The summed E-state index contributed by atoms with van der Waals surface area (Å²) in [5.74, 6) is 0.683. The fourth-order valence-corrected chi connectivity index (χ4v) is 5.26. The third-order valence-electron chi connectivity index (χ3n) is 2.50. The molecule has 0 fully saturated rings. The van der Waals surface area contributed by atoms with Crippen molar-refractivity contribution in [3.63, 3.8) is 0 Å². The highest BCUT2D eigenvalue weighted by atomic mass is 32.9. The monoisotopic (exact) mass is 292 g/mol. The molecule has 0 saturated heterocycles. The third kappa shape index (κ3) is 3.72. The molecule has 100 valence electrons. The molecule has 0 heterocycles. The van der Waals surface area contributed by atoms with E-state index in [2.05, 4.69) is 6.58 Å². The van der Waals surface area contributed by atoms with Crippen LogP contribution >= 0.6 is 0 Å². The molecule has 0 aliphatic rings. The molecule has 0 radical (unpaired) electrons. The predicted molar refractivity (Wildman–Crippen MR) is 83.0 cm³/mol. The van der Waals surface area contributed by atoms with Gasteiger partial charge in [0, 0.05) is 5.75 Å². The molecule has 19 heavy (non-hydrogen) atoms. The molecular weight excluding hydrogens is 276 g/mol. The normalized spacial score (nSPS) is 13.5. The molecule has 0 bridgehead atoms. The number of rotatable bonds is 5. The fraction of sp³-hybridized carbons (Fsp3) is 0.0667. The molecule has 2 aromatic carbocycles. The second kappa shape index (κ2) is 6.59. The van der Waals surface area contributed by atoms with Crippen LogP contribution in [0, 0.1) is 0 Å². The topological polar surface area (TPSA) is 26.3 Å². The molecule has 0 aromatic heterocycles. The number of hydrogen-bond acceptors (Lipinski definition) is 2. The molecule has 0 amide bonds. The summed E-state index contributed by atoms with van der Waals surface area (Å²) in [5.41, 5.74) is 1.14. The minimum atomic E-state index is -2.56. The van der Waals surface area contributed by atoms with Crippen molar-refractivity contribution in [2.24, 2.45) is 0 Å². The van der Waals surface area contributed by atoms with E-state index < -0.39 is 8.77 Å². The van der Waals surface area contributed by atoms with E-state index in [0.717, 1.165) is 15.9 Å². The van der Waals surface area contributed by atoms with Gasteiger partial charge >= 0.3 is 0 Å². The Morgan fingerprint density at radius 2 is 1.63 bits per heavy atom. The molecule has 0 N–H and O–H groups in total. The maximum Gasteiger partial charge on any atom is 0.173 e. The van der Waals surface area contributed by atoms with Gasteiger partial charge in [-0.3, -0.25) is 0 Å². The predicted octanol–water partition coefficient (Wildman–Crippen LogP) is 3.34. The van der Waals surface area contributed by atoms with Crippen molar-refractivity contribution in [1.82, 2.24) is 0 Å². The van der Waals surface area contributed by atoms with Gasteiger partial charge in [0.15, 0.2) is 8.77 Å². The Morgan fingerprint density at radius 3 is 2.21 bits per heavy atom. The molecule has 4 heteroatoms. The Hall–Kier alpha value is -1.52. The van der Waals surface area contributed by atoms with Gasteiger partial charge in [0.1, 0.15) is 0 Å². The van der Waals surface area contributed by atoms with Crippen LogP contribution in [0.2, 0.25) is 0 Å². The van der Waals surface area contributed by atoms with Crippen molar-refractivity contribution < 1.29 is 8.39 Å². The summed E-state index contributed by atoms with van der Waals surface area (Å²) < 4.78 is 18.2. The molecular formula is C15H16O2S2. The molecule has 0 aliphatic heterocycles. The van der Waals surface area contributed by atoms with E-state index in [0.29, 0.717) is 10.6 Å². The minimum Gasteiger partial charge on any atom is -0.410 e. The van der Waals surface area contributed by atoms with Crippen LogP contribution in [0.3, 0.4) is 0 Å². The maximum absolute atomic E-state index is 12.9. The summed E-state index contributed by atoms with van der Waals surface area (Å²) >= 11 is 0. The lowest BCUT2D eigenvalue weighted by molar-refractivity contribution is 0.504. The van der Waals surface area contributed by atoms with Gasteiger partial charge in [-0.05, 0) is 17.7 Å². The average Bonchev–Trinajstić information content (AvgIpc) is 2.48. The lowest BCUT2D eigenvalue weighted by Crippen LogP contribution is -2.04. The first kappa shape index (κ1) is 13.9. The molecule has 1 atom stereocenters. The Kier molecular flexibility index (Phi) is 4.82. The molecule has 1 unspecified atom stereocenters. The Bertz CT molecular complexity index is 642. The van der Waals surface area contributed by atoms with Crippen LogP contribution in [-0.4, -0.2) is 4.21 Å². The van der Waals surface area contributed by atoms with Crippen molar-refractivity contribution in [3.8, 4) is 0 Å². The van der Waals surface area contributed by atoms with Crippen molar-refractivity contribution in [2.75, 3.05) is 0 Å². The lowest BCUT2D eigenvalue weighted by Gasteiger charge is -2.10. The van der Waals surface area contributed by atoms with Crippen LogP contribution < -0.4 is 0 Å². The van der Waals surface area contributed by atoms with E-state index in [-0.39, 0.29) is 0 Å². The number of hydrogen-bond donors (Lipinski definition) is 1. The van der Waals surface area contributed by atoms with E-state index >= 15 is 0 Å². The van der Waals surface area contributed by atoms with Gasteiger partial charge in [-0.2, -0.15) is 0 Å². The van der Waals surface area contributed by atoms with Gasteiger partial charge < -0.3 is 4.18 Å². The number of thiol groups is 1. The van der Waals surface area contributed by atoms with Crippen LogP contribution in [0.15, 0.2) is 78.4 Å². The zero-order valence-electron chi connectivity index (χ0n) is 10.4. The summed E-state index contributed by atoms with van der Waals surface area (Å²) in [6.07, 6.45) is 1.26. The molecule has 0 spiro atoms. The van der Waals surface area contributed by atoms with Gasteiger partial charge in [0.25, 0.3) is 0 Å². The van der Waals surface area contributed by atoms with E-state index in [4.69, 9.17) is 4.18 Å². The molecule has 2 rings (SSSR count).